The second-order valence-corrected chi connectivity index (χ2v) is 28.5. The number of carbonyl (C=O) groups is 4. The van der Waals surface area contributed by atoms with Crippen LogP contribution in [0.5, 0.6) is 0 Å². The first kappa shape index (κ1) is 69.4. The van der Waals surface area contributed by atoms with Crippen molar-refractivity contribution in [2.24, 2.45) is 5.92 Å². The minimum absolute atomic E-state index is 0.00348. The molecule has 2 rings (SSSR count). The molecule has 0 spiro atoms. The van der Waals surface area contributed by atoms with Crippen molar-refractivity contribution in [2.45, 2.75) is 315 Å². The van der Waals surface area contributed by atoms with E-state index in [9.17, 15) is 24.3 Å². The van der Waals surface area contributed by atoms with E-state index in [2.05, 4.69) is 66.5 Å². The highest BCUT2D eigenvalue weighted by atomic mass is 28.4. The Bertz CT molecular complexity index is 1670. The second-order valence-electron chi connectivity index (χ2n) is 23.7. The molecule has 7 atom stereocenters. The van der Waals surface area contributed by atoms with Crippen molar-refractivity contribution in [1.29, 1.82) is 0 Å². The van der Waals surface area contributed by atoms with Gasteiger partial charge in [-0.05, 0) is 43.0 Å². The third-order valence-corrected chi connectivity index (χ3v) is 20.4. The SMILES string of the molecule is C=CCO[C@H]1O[C@H](CO[Si](C)(C)C(C)(C)C)[C@@H](O)[C@H](OC(=O)C(=O)[C@H](CCCCCCCCCCC)C(=O)CCCCCCCCCCCCC)[C@H]1NC(=O)C[C@@H](CCCCCCCCCCC)OCc1ccccc1. The molecule has 12 heteroatoms. The van der Waals surface area contributed by atoms with Crippen LogP contribution in [0.2, 0.25) is 18.1 Å². The molecule has 2 N–H and O–H groups in total. The van der Waals surface area contributed by atoms with Crippen LogP contribution in [0, 0.1) is 5.92 Å². The van der Waals surface area contributed by atoms with E-state index in [0.717, 1.165) is 69.8 Å². The molecule has 1 fully saturated rings. The van der Waals surface area contributed by atoms with Crippen LogP contribution >= 0.6 is 0 Å². The average molecular weight is 1080 g/mol. The molecule has 0 aromatic heterocycles. The molecule has 76 heavy (non-hydrogen) atoms. The number of amides is 1. The van der Waals surface area contributed by atoms with Gasteiger partial charge in [-0.25, -0.2) is 4.79 Å². The predicted octanol–water partition coefficient (Wildman–Crippen LogP) is 16.0. The third kappa shape index (κ3) is 30.0. The molecule has 0 saturated carbocycles. The van der Waals surface area contributed by atoms with E-state index in [1.54, 1.807) is 6.08 Å². The first-order valence-electron chi connectivity index (χ1n) is 31.0. The Morgan fingerprint density at radius 1 is 0.697 bits per heavy atom. The van der Waals surface area contributed by atoms with E-state index in [0.29, 0.717) is 25.9 Å². The number of esters is 1. The molecule has 438 valence electrons. The molecule has 1 aliphatic rings. The highest BCUT2D eigenvalue weighted by Gasteiger charge is 2.51. The fraction of sp³-hybridized carbons (Fsp3) is 0.812. The second kappa shape index (κ2) is 42.2. The van der Waals surface area contributed by atoms with Crippen molar-refractivity contribution in [1.82, 2.24) is 5.32 Å². The number of unbranched alkanes of at least 4 members (excludes halogenated alkanes) is 26. The Hall–Kier alpha value is -2.74. The summed E-state index contributed by atoms with van der Waals surface area (Å²) in [5.74, 6) is -3.92. The Balaban J connectivity index is 2.37. The molecule has 1 aromatic rings. The number of benzene rings is 1. The molecule has 1 saturated heterocycles. The summed E-state index contributed by atoms with van der Waals surface area (Å²) >= 11 is 0. The van der Waals surface area contributed by atoms with Crippen LogP contribution in [-0.4, -0.2) is 86.8 Å². The molecular formula is C64H113NO10Si. The fourth-order valence-electron chi connectivity index (χ4n) is 9.89. The Morgan fingerprint density at radius 2 is 1.17 bits per heavy atom. The van der Waals surface area contributed by atoms with Gasteiger partial charge in [0.1, 0.15) is 24.0 Å². The van der Waals surface area contributed by atoms with Gasteiger partial charge in [-0.2, -0.15) is 0 Å². The maximum absolute atomic E-state index is 14.4. The highest BCUT2D eigenvalue weighted by molar-refractivity contribution is 6.74. The highest BCUT2D eigenvalue weighted by Crippen LogP contribution is 2.37. The van der Waals surface area contributed by atoms with Crippen molar-refractivity contribution in [3.05, 3.63) is 48.6 Å². The summed E-state index contributed by atoms with van der Waals surface area (Å²) in [7, 11) is -2.38. The summed E-state index contributed by atoms with van der Waals surface area (Å²) in [6.07, 6.45) is 29.8. The maximum Gasteiger partial charge on any atom is 0.375 e. The standard InChI is InChI=1S/C64H113NO10Si/c1-10-14-17-20-23-26-27-30-33-36-42-47-55(66)54(46-41-35-32-29-25-22-19-16-12-3)59(68)62(70)75-61-58(63(71-48-13-4)74-56(60(61)69)51-73-76(8,9)64(5,6)7)65-57(67)49-53(72-50-52-43-38-37-39-44-52)45-40-34-31-28-24-21-18-15-11-2/h13,37-39,43-44,53-54,56,58,60-61,63,69H,4,10-12,14-36,40-42,45-51H2,1-3,5-9H3,(H,65,67)/t53-,54-,56-,58-,60-,61-,63+/m1/s1. The molecule has 11 nitrogen and oxygen atoms in total. The predicted molar refractivity (Wildman–Crippen MR) is 314 cm³/mol. The lowest BCUT2D eigenvalue weighted by Crippen LogP contribution is -2.66. The maximum atomic E-state index is 14.4. The van der Waals surface area contributed by atoms with Gasteiger partial charge in [0.15, 0.2) is 20.7 Å². The first-order valence-corrected chi connectivity index (χ1v) is 33.9. The molecule has 1 heterocycles. The minimum atomic E-state index is -2.38. The Labute approximate surface area is 465 Å². The number of hydrogen-bond acceptors (Lipinski definition) is 10. The van der Waals surface area contributed by atoms with Crippen LogP contribution in [0.1, 0.15) is 259 Å². The van der Waals surface area contributed by atoms with E-state index in [-0.39, 0.29) is 43.3 Å². The van der Waals surface area contributed by atoms with Crippen molar-refractivity contribution in [2.75, 3.05) is 13.2 Å². The molecule has 0 aliphatic carbocycles. The van der Waals surface area contributed by atoms with Gasteiger partial charge in [0, 0.05) is 6.42 Å². The Morgan fingerprint density at radius 3 is 1.66 bits per heavy atom. The first-order chi connectivity index (χ1) is 36.6. The van der Waals surface area contributed by atoms with E-state index in [1.165, 1.54) is 109 Å². The number of aliphatic hydroxyl groups is 1. The zero-order chi connectivity index (χ0) is 55.9. The zero-order valence-corrected chi connectivity index (χ0v) is 50.8. The largest absolute Gasteiger partial charge is 0.451 e. The number of rotatable bonds is 48. The summed E-state index contributed by atoms with van der Waals surface area (Å²) in [5, 5.41) is 15.1. The number of hydrogen-bond donors (Lipinski definition) is 2. The quantitative estimate of drug-likeness (QED) is 0.0161. The van der Waals surface area contributed by atoms with Crippen molar-refractivity contribution < 1.29 is 47.7 Å². The number of carbonyl (C=O) groups excluding carboxylic acids is 4. The Kier molecular flexibility index (Phi) is 38.5. The van der Waals surface area contributed by atoms with E-state index in [1.807, 2.05) is 30.3 Å². The van der Waals surface area contributed by atoms with Crippen molar-refractivity contribution in [3.63, 3.8) is 0 Å². The van der Waals surface area contributed by atoms with E-state index < -0.39 is 68.6 Å². The van der Waals surface area contributed by atoms with E-state index in [4.69, 9.17) is 23.4 Å². The summed E-state index contributed by atoms with van der Waals surface area (Å²) in [5.41, 5.74) is 0.998. The van der Waals surface area contributed by atoms with Gasteiger partial charge in [0.25, 0.3) is 0 Å². The summed E-state index contributed by atoms with van der Waals surface area (Å²) in [4.78, 5) is 57.3. The number of nitrogens with one attached hydrogen (secondary N) is 1. The number of Topliss-reactive ketones (excluding diaryl/α,β-unsaturated/α-hetero) is 2. The number of ether oxygens (including phenoxy) is 4. The van der Waals surface area contributed by atoms with Crippen LogP contribution in [0.4, 0.5) is 0 Å². The smallest absolute Gasteiger partial charge is 0.375 e. The van der Waals surface area contributed by atoms with Gasteiger partial charge in [-0.1, -0.05) is 258 Å². The molecule has 1 amide bonds. The van der Waals surface area contributed by atoms with Crippen LogP contribution in [0.25, 0.3) is 0 Å². The molecule has 0 bridgehead atoms. The van der Waals surface area contributed by atoms with Crippen LogP contribution in [0.3, 0.4) is 0 Å². The lowest BCUT2D eigenvalue weighted by molar-refractivity contribution is -0.269. The van der Waals surface area contributed by atoms with E-state index >= 15 is 0 Å². The number of ketones is 2. The number of aliphatic hydroxyl groups excluding tert-OH is 1. The summed E-state index contributed by atoms with van der Waals surface area (Å²) in [6, 6.07) is 8.65. The van der Waals surface area contributed by atoms with Crippen molar-refractivity contribution >= 4 is 31.8 Å². The summed E-state index contributed by atoms with van der Waals surface area (Å²) in [6.45, 7) is 21.4. The summed E-state index contributed by atoms with van der Waals surface area (Å²) < 4.78 is 31.7. The zero-order valence-electron chi connectivity index (χ0n) is 49.8. The van der Waals surface area contributed by atoms with Gasteiger partial charge < -0.3 is 33.8 Å². The lowest BCUT2D eigenvalue weighted by Gasteiger charge is -2.45. The van der Waals surface area contributed by atoms with Crippen LogP contribution in [-0.2, 0) is 49.2 Å². The van der Waals surface area contributed by atoms with Gasteiger partial charge in [-0.15, -0.1) is 6.58 Å². The molecule has 1 aromatic carbocycles. The molecule has 1 aliphatic heterocycles. The monoisotopic (exact) mass is 1080 g/mol. The molecule has 0 radical (unpaired) electrons. The lowest BCUT2D eigenvalue weighted by atomic mass is 9.89. The normalized spacial score (nSPS) is 18.8. The van der Waals surface area contributed by atoms with Gasteiger partial charge >= 0.3 is 5.97 Å². The van der Waals surface area contributed by atoms with Gasteiger partial charge in [0.05, 0.1) is 38.3 Å². The van der Waals surface area contributed by atoms with Gasteiger partial charge in [0.2, 0.25) is 11.7 Å². The van der Waals surface area contributed by atoms with Gasteiger partial charge in [-0.3, -0.25) is 14.4 Å². The van der Waals surface area contributed by atoms with Crippen molar-refractivity contribution in [3.8, 4) is 0 Å². The average Bonchev–Trinajstić information content (AvgIpc) is 3.39. The third-order valence-electron chi connectivity index (χ3n) is 15.9. The molecular weight excluding hydrogens is 971 g/mol. The topological polar surface area (TPSA) is 147 Å². The van der Waals surface area contributed by atoms with Crippen LogP contribution in [0.15, 0.2) is 43.0 Å². The molecule has 0 unspecified atom stereocenters. The fourth-order valence-corrected chi connectivity index (χ4v) is 10.9. The van der Waals surface area contributed by atoms with Crippen LogP contribution < -0.4 is 5.32 Å². The minimum Gasteiger partial charge on any atom is -0.451 e.